The first-order valence-corrected chi connectivity index (χ1v) is 10.7. The molecule has 164 valence electrons. The van der Waals surface area contributed by atoms with Crippen molar-refractivity contribution in [3.05, 3.63) is 53.6 Å². The van der Waals surface area contributed by atoms with Gasteiger partial charge in [0.2, 0.25) is 0 Å². The van der Waals surface area contributed by atoms with Crippen LogP contribution in [0.1, 0.15) is 31.7 Å². The van der Waals surface area contributed by atoms with Gasteiger partial charge in [0.15, 0.2) is 0 Å². The Kier molecular flexibility index (Phi) is 6.23. The number of halogens is 3. The molecule has 2 fully saturated rings. The zero-order chi connectivity index (χ0) is 21.3. The van der Waals surface area contributed by atoms with E-state index in [0.29, 0.717) is 12.1 Å². The van der Waals surface area contributed by atoms with E-state index < -0.39 is 12.5 Å². The van der Waals surface area contributed by atoms with Gasteiger partial charge in [-0.2, -0.15) is 0 Å². The van der Waals surface area contributed by atoms with Gasteiger partial charge in [-0.25, -0.2) is 0 Å². The van der Waals surface area contributed by atoms with Crippen LogP contribution in [-0.4, -0.2) is 59.1 Å². The Bertz CT molecular complexity index is 802. The molecule has 1 N–H and O–H groups in total. The predicted octanol–water partition coefficient (Wildman–Crippen LogP) is 4.12. The third kappa shape index (κ3) is 4.90. The fraction of sp³-hybridized carbons (Fsp3) is 0.565. The lowest BCUT2D eigenvalue weighted by atomic mass is 9.82. The van der Waals surface area contributed by atoms with E-state index in [2.05, 4.69) is 20.6 Å². The van der Waals surface area contributed by atoms with Crippen LogP contribution in [0.25, 0.3) is 0 Å². The molecule has 2 aliphatic heterocycles. The van der Waals surface area contributed by atoms with Crippen LogP contribution in [0.5, 0.6) is 5.75 Å². The third-order valence-electron chi connectivity index (χ3n) is 6.46. The summed E-state index contributed by atoms with van der Waals surface area (Å²) in [5.41, 5.74) is 1.58. The molecule has 4 atom stereocenters. The standard InChI is InChI=1S/C23H29F3N2O2/c1-16-8-9-17(12-21(16)29)20-13-19(15-27-10-4-5-11-27)28(20)14-18-6-2-3-7-22(18)30-23(24,25)26/h2-3,6-9,12,16,19-21,29H,4-5,10-11,13-15H2,1H3. The maximum atomic E-state index is 12.9. The quantitative estimate of drug-likeness (QED) is 0.748. The van der Waals surface area contributed by atoms with Gasteiger partial charge in [0.05, 0.1) is 6.10 Å². The molecular weight excluding hydrogens is 393 g/mol. The summed E-state index contributed by atoms with van der Waals surface area (Å²) < 4.78 is 42.9. The molecule has 2 saturated heterocycles. The molecule has 3 aliphatic rings. The fourth-order valence-electron chi connectivity index (χ4n) is 4.71. The van der Waals surface area contributed by atoms with Crippen molar-refractivity contribution in [1.29, 1.82) is 0 Å². The second-order valence-electron chi connectivity index (χ2n) is 8.62. The number of likely N-dealkylation sites (tertiary alicyclic amines) is 2. The Labute approximate surface area is 175 Å². The first-order chi connectivity index (χ1) is 14.3. The topological polar surface area (TPSA) is 35.9 Å². The van der Waals surface area contributed by atoms with Gasteiger partial charge in [0.25, 0.3) is 0 Å². The van der Waals surface area contributed by atoms with E-state index in [1.54, 1.807) is 18.2 Å². The van der Waals surface area contributed by atoms with Gasteiger partial charge in [0, 0.05) is 36.7 Å². The lowest BCUT2D eigenvalue weighted by Gasteiger charge is -2.51. The zero-order valence-corrected chi connectivity index (χ0v) is 17.2. The summed E-state index contributed by atoms with van der Waals surface area (Å²) in [6, 6.07) is 6.75. The molecule has 4 nitrogen and oxygen atoms in total. The summed E-state index contributed by atoms with van der Waals surface area (Å²) in [4.78, 5) is 4.70. The van der Waals surface area contributed by atoms with Gasteiger partial charge in [0.1, 0.15) is 5.75 Å². The van der Waals surface area contributed by atoms with Crippen molar-refractivity contribution in [3.8, 4) is 5.75 Å². The molecule has 2 heterocycles. The van der Waals surface area contributed by atoms with Crippen molar-refractivity contribution in [2.24, 2.45) is 5.92 Å². The minimum atomic E-state index is -4.71. The molecule has 0 bridgehead atoms. The van der Waals surface area contributed by atoms with E-state index in [0.717, 1.165) is 31.6 Å². The molecule has 1 aromatic rings. The van der Waals surface area contributed by atoms with E-state index in [-0.39, 0.29) is 23.8 Å². The lowest BCUT2D eigenvalue weighted by molar-refractivity contribution is -0.275. The first kappa shape index (κ1) is 21.4. The highest BCUT2D eigenvalue weighted by Crippen LogP contribution is 2.38. The van der Waals surface area contributed by atoms with Crippen molar-refractivity contribution in [1.82, 2.24) is 9.80 Å². The van der Waals surface area contributed by atoms with E-state index in [1.165, 1.54) is 18.9 Å². The van der Waals surface area contributed by atoms with Crippen LogP contribution >= 0.6 is 0 Å². The van der Waals surface area contributed by atoms with Crippen molar-refractivity contribution in [3.63, 3.8) is 0 Å². The fourth-order valence-corrected chi connectivity index (χ4v) is 4.71. The van der Waals surface area contributed by atoms with Crippen LogP contribution < -0.4 is 4.74 Å². The second kappa shape index (κ2) is 8.73. The number of aliphatic hydroxyl groups excluding tert-OH is 1. The Morgan fingerprint density at radius 2 is 1.90 bits per heavy atom. The number of benzene rings is 1. The molecule has 1 aliphatic carbocycles. The Morgan fingerprint density at radius 3 is 2.60 bits per heavy atom. The molecular formula is C23H29F3N2O2. The van der Waals surface area contributed by atoms with Gasteiger partial charge in [-0.1, -0.05) is 43.4 Å². The number of aliphatic hydroxyl groups is 1. The van der Waals surface area contributed by atoms with Crippen molar-refractivity contribution in [2.45, 2.75) is 57.3 Å². The third-order valence-corrected chi connectivity index (χ3v) is 6.46. The largest absolute Gasteiger partial charge is 0.573 e. The molecule has 4 unspecified atom stereocenters. The van der Waals surface area contributed by atoms with Crippen molar-refractivity contribution < 1.29 is 23.0 Å². The second-order valence-corrected chi connectivity index (χ2v) is 8.62. The van der Waals surface area contributed by atoms with Crippen LogP contribution in [0.2, 0.25) is 0 Å². The van der Waals surface area contributed by atoms with E-state index >= 15 is 0 Å². The number of alkyl halides is 3. The van der Waals surface area contributed by atoms with Crippen LogP contribution in [0.15, 0.2) is 48.1 Å². The molecule has 0 radical (unpaired) electrons. The number of para-hydroxylation sites is 1. The monoisotopic (exact) mass is 422 g/mol. The van der Waals surface area contributed by atoms with Crippen molar-refractivity contribution in [2.75, 3.05) is 19.6 Å². The van der Waals surface area contributed by atoms with E-state index in [1.807, 2.05) is 19.1 Å². The number of hydrogen-bond acceptors (Lipinski definition) is 4. The van der Waals surface area contributed by atoms with Crippen molar-refractivity contribution >= 4 is 0 Å². The summed E-state index contributed by atoms with van der Waals surface area (Å²) in [5.74, 6) is -0.0685. The van der Waals surface area contributed by atoms with Gasteiger partial charge in [-0.15, -0.1) is 13.2 Å². The molecule has 30 heavy (non-hydrogen) atoms. The number of nitrogens with zero attached hydrogens (tertiary/aromatic N) is 2. The molecule has 4 rings (SSSR count). The van der Waals surface area contributed by atoms with Gasteiger partial charge >= 0.3 is 6.36 Å². The molecule has 0 spiro atoms. The smallest absolute Gasteiger partial charge is 0.405 e. The minimum absolute atomic E-state index is 0.0728. The maximum Gasteiger partial charge on any atom is 0.573 e. The highest BCUT2D eigenvalue weighted by atomic mass is 19.4. The Morgan fingerprint density at radius 1 is 1.17 bits per heavy atom. The van der Waals surface area contributed by atoms with Crippen LogP contribution in [-0.2, 0) is 6.54 Å². The highest BCUT2D eigenvalue weighted by Gasteiger charge is 2.42. The minimum Gasteiger partial charge on any atom is -0.405 e. The Hall–Kier alpha value is -1.83. The number of rotatable bonds is 6. The SMILES string of the molecule is CC1C=CC(C2CC(CN3CCCC3)N2Cc2ccccc2OC(F)(F)F)=CC1O. The summed E-state index contributed by atoms with van der Waals surface area (Å²) in [5, 5.41) is 10.3. The number of ether oxygens (including phenoxy) is 1. The first-order valence-electron chi connectivity index (χ1n) is 10.7. The average molecular weight is 422 g/mol. The number of hydrogen-bond donors (Lipinski definition) is 1. The Balaban J connectivity index is 1.54. The molecule has 0 saturated carbocycles. The van der Waals surface area contributed by atoms with Gasteiger partial charge in [-0.3, -0.25) is 4.90 Å². The molecule has 0 amide bonds. The van der Waals surface area contributed by atoms with Crippen LogP contribution in [0.3, 0.4) is 0 Å². The average Bonchev–Trinajstić information content (AvgIpc) is 3.18. The van der Waals surface area contributed by atoms with E-state index in [9.17, 15) is 18.3 Å². The summed E-state index contributed by atoms with van der Waals surface area (Å²) in [7, 11) is 0. The summed E-state index contributed by atoms with van der Waals surface area (Å²) in [6.45, 7) is 5.44. The van der Waals surface area contributed by atoms with E-state index in [4.69, 9.17) is 0 Å². The lowest BCUT2D eigenvalue weighted by Crippen LogP contribution is -2.59. The normalized spacial score (nSPS) is 30.2. The van der Waals surface area contributed by atoms with Crippen LogP contribution in [0.4, 0.5) is 13.2 Å². The molecule has 7 heteroatoms. The molecule has 1 aromatic carbocycles. The summed E-state index contributed by atoms with van der Waals surface area (Å²) in [6.07, 6.45) is 4.07. The highest BCUT2D eigenvalue weighted by molar-refractivity contribution is 5.37. The maximum absolute atomic E-state index is 12.9. The zero-order valence-electron chi connectivity index (χ0n) is 17.2. The predicted molar refractivity (Wildman–Crippen MR) is 109 cm³/mol. The van der Waals surface area contributed by atoms with Gasteiger partial charge < -0.3 is 14.7 Å². The van der Waals surface area contributed by atoms with Crippen LogP contribution in [0, 0.1) is 5.92 Å². The molecule has 0 aromatic heterocycles. The van der Waals surface area contributed by atoms with Gasteiger partial charge in [-0.05, 0) is 44.0 Å². The summed E-state index contributed by atoms with van der Waals surface area (Å²) >= 11 is 0.